The zero-order valence-corrected chi connectivity index (χ0v) is 11.6. The molecule has 5 nitrogen and oxygen atoms in total. The van der Waals surface area contributed by atoms with E-state index in [9.17, 15) is 9.59 Å². The zero-order valence-electron chi connectivity index (χ0n) is 11.6. The van der Waals surface area contributed by atoms with Gasteiger partial charge in [0, 0.05) is 5.69 Å². The van der Waals surface area contributed by atoms with Gasteiger partial charge in [0.2, 0.25) is 6.41 Å². The molecule has 0 saturated heterocycles. The molecule has 0 N–H and O–H groups in total. The molecule has 0 saturated carbocycles. The molecule has 0 aliphatic heterocycles. The molecule has 0 aliphatic rings. The second-order valence-corrected chi connectivity index (χ2v) is 4.22. The van der Waals surface area contributed by atoms with Crippen LogP contribution in [0.4, 0.5) is 5.69 Å². The lowest BCUT2D eigenvalue weighted by molar-refractivity contribution is -0.139. The molecule has 0 radical (unpaired) electrons. The normalized spacial score (nSPS) is 9.76. The van der Waals surface area contributed by atoms with Gasteiger partial charge in [-0.2, -0.15) is 0 Å². The molecule has 1 amide bonds. The van der Waals surface area contributed by atoms with Crippen LogP contribution < -0.4 is 9.64 Å². The average Bonchev–Trinajstić information content (AvgIpc) is 2.54. The van der Waals surface area contributed by atoms with Crippen LogP contribution >= 0.6 is 0 Å². The van der Waals surface area contributed by atoms with Gasteiger partial charge in [-0.15, -0.1) is 0 Å². The maximum absolute atomic E-state index is 11.2. The molecule has 0 bridgehead atoms. The quantitative estimate of drug-likeness (QED) is 0.604. The van der Waals surface area contributed by atoms with E-state index >= 15 is 0 Å². The van der Waals surface area contributed by atoms with Crippen molar-refractivity contribution in [1.29, 1.82) is 0 Å². The van der Waals surface area contributed by atoms with E-state index in [1.165, 1.54) is 12.0 Å². The fourth-order valence-electron chi connectivity index (χ4n) is 1.72. The largest absolute Gasteiger partial charge is 0.468 e. The van der Waals surface area contributed by atoms with Gasteiger partial charge in [0.25, 0.3) is 0 Å². The third kappa shape index (κ3) is 4.07. The molecule has 0 heterocycles. The van der Waals surface area contributed by atoms with Crippen LogP contribution in [0, 0.1) is 0 Å². The summed E-state index contributed by atoms with van der Waals surface area (Å²) in [6.07, 6.45) is 0.587. The molecule has 108 valence electrons. The Morgan fingerprint density at radius 1 is 1.05 bits per heavy atom. The van der Waals surface area contributed by atoms with E-state index in [2.05, 4.69) is 4.74 Å². The van der Waals surface area contributed by atoms with Gasteiger partial charge >= 0.3 is 5.97 Å². The minimum Gasteiger partial charge on any atom is -0.468 e. The number of anilines is 1. The van der Waals surface area contributed by atoms with E-state index in [1.54, 1.807) is 24.3 Å². The first-order valence-electron chi connectivity index (χ1n) is 6.34. The molecule has 0 aliphatic carbocycles. The van der Waals surface area contributed by atoms with Crippen LogP contribution in [0.25, 0.3) is 0 Å². The number of hydrogen-bond acceptors (Lipinski definition) is 4. The minimum atomic E-state index is -0.480. The van der Waals surface area contributed by atoms with E-state index < -0.39 is 5.97 Å². The molecule has 5 heteroatoms. The summed E-state index contributed by atoms with van der Waals surface area (Å²) in [5.74, 6) is 0.896. The van der Waals surface area contributed by atoms with Gasteiger partial charge in [0.15, 0.2) is 0 Å². The van der Waals surface area contributed by atoms with Crippen molar-refractivity contribution in [2.45, 2.75) is 0 Å². The standard InChI is InChI=1S/C16H15NO4/c1-20-16(19)11-17(12-18)13-7-9-15(10-8-13)21-14-5-3-2-4-6-14/h2-10,12H,11H2,1H3. The first kappa shape index (κ1) is 14.6. The number of para-hydroxylation sites is 1. The Labute approximate surface area is 122 Å². The summed E-state index contributed by atoms with van der Waals surface area (Å²) in [6, 6.07) is 16.2. The van der Waals surface area contributed by atoms with E-state index in [-0.39, 0.29) is 6.54 Å². The van der Waals surface area contributed by atoms with Crippen LogP contribution in [0.1, 0.15) is 0 Å². The number of rotatable bonds is 6. The third-order valence-corrected chi connectivity index (χ3v) is 2.80. The average molecular weight is 285 g/mol. The summed E-state index contributed by atoms with van der Waals surface area (Å²) >= 11 is 0. The van der Waals surface area contributed by atoms with Gasteiger partial charge in [0.05, 0.1) is 7.11 Å². The lowest BCUT2D eigenvalue weighted by Gasteiger charge is -2.16. The lowest BCUT2D eigenvalue weighted by atomic mass is 10.2. The minimum absolute atomic E-state index is 0.126. The Balaban J connectivity index is 2.07. The number of amides is 1. The van der Waals surface area contributed by atoms with Gasteiger partial charge in [-0.1, -0.05) is 18.2 Å². The van der Waals surface area contributed by atoms with Crippen molar-refractivity contribution >= 4 is 18.1 Å². The molecule has 2 aromatic carbocycles. The monoisotopic (exact) mass is 285 g/mol. The molecule has 0 spiro atoms. The SMILES string of the molecule is COC(=O)CN(C=O)c1ccc(Oc2ccccc2)cc1. The number of ether oxygens (including phenoxy) is 2. The van der Waals surface area contributed by atoms with Gasteiger partial charge in [-0.05, 0) is 36.4 Å². The molecule has 0 atom stereocenters. The first-order valence-corrected chi connectivity index (χ1v) is 6.34. The molecule has 2 aromatic rings. The summed E-state index contributed by atoms with van der Waals surface area (Å²) in [5.41, 5.74) is 0.593. The van der Waals surface area contributed by atoms with Crippen LogP contribution in [0.15, 0.2) is 54.6 Å². The summed E-state index contributed by atoms with van der Waals surface area (Å²) in [6.45, 7) is -0.126. The van der Waals surface area contributed by atoms with Crippen molar-refractivity contribution in [2.24, 2.45) is 0 Å². The summed E-state index contributed by atoms with van der Waals surface area (Å²) in [4.78, 5) is 23.5. The van der Waals surface area contributed by atoms with Crippen LogP contribution in [-0.4, -0.2) is 26.0 Å². The maximum Gasteiger partial charge on any atom is 0.325 e. The summed E-state index contributed by atoms with van der Waals surface area (Å²) in [5, 5.41) is 0. The smallest absolute Gasteiger partial charge is 0.325 e. The van der Waals surface area contributed by atoms with Crippen molar-refractivity contribution in [3.05, 3.63) is 54.6 Å². The predicted molar refractivity (Wildman–Crippen MR) is 78.4 cm³/mol. The molecule has 21 heavy (non-hydrogen) atoms. The summed E-state index contributed by atoms with van der Waals surface area (Å²) < 4.78 is 10.2. The molecular formula is C16H15NO4. The van der Waals surface area contributed by atoms with Crippen LogP contribution in [0.5, 0.6) is 11.5 Å². The van der Waals surface area contributed by atoms with E-state index in [0.29, 0.717) is 17.8 Å². The van der Waals surface area contributed by atoms with Gasteiger partial charge < -0.3 is 14.4 Å². The second-order valence-electron chi connectivity index (χ2n) is 4.22. The number of carbonyl (C=O) groups is 2. The topological polar surface area (TPSA) is 55.8 Å². The van der Waals surface area contributed by atoms with Crippen LogP contribution in [-0.2, 0) is 14.3 Å². The van der Waals surface area contributed by atoms with E-state index in [1.807, 2.05) is 30.3 Å². The number of hydrogen-bond donors (Lipinski definition) is 0. The van der Waals surface area contributed by atoms with Crippen molar-refractivity contribution in [3.8, 4) is 11.5 Å². The Kier molecular flexibility index (Phi) is 4.93. The Morgan fingerprint density at radius 2 is 1.67 bits per heavy atom. The van der Waals surface area contributed by atoms with Crippen LogP contribution in [0.3, 0.4) is 0 Å². The highest BCUT2D eigenvalue weighted by Crippen LogP contribution is 2.23. The highest BCUT2D eigenvalue weighted by Gasteiger charge is 2.11. The Bertz CT molecular complexity index is 595. The van der Waals surface area contributed by atoms with Gasteiger partial charge in [-0.3, -0.25) is 9.59 Å². The molecular weight excluding hydrogens is 270 g/mol. The number of carbonyl (C=O) groups excluding carboxylic acids is 2. The van der Waals surface area contributed by atoms with Crippen molar-refractivity contribution < 1.29 is 19.1 Å². The highest BCUT2D eigenvalue weighted by atomic mass is 16.5. The van der Waals surface area contributed by atoms with Crippen molar-refractivity contribution in [3.63, 3.8) is 0 Å². The van der Waals surface area contributed by atoms with Crippen molar-refractivity contribution in [1.82, 2.24) is 0 Å². The number of esters is 1. The van der Waals surface area contributed by atoms with Crippen molar-refractivity contribution in [2.75, 3.05) is 18.6 Å². The molecule has 2 rings (SSSR count). The molecule has 0 aromatic heterocycles. The maximum atomic E-state index is 11.2. The Hall–Kier alpha value is -2.82. The summed E-state index contributed by atoms with van der Waals surface area (Å²) in [7, 11) is 1.28. The molecule has 0 fully saturated rings. The third-order valence-electron chi connectivity index (χ3n) is 2.80. The fraction of sp³-hybridized carbons (Fsp3) is 0.125. The van der Waals surface area contributed by atoms with E-state index in [4.69, 9.17) is 4.74 Å². The predicted octanol–water partition coefficient (Wildman–Crippen LogP) is 2.61. The molecule has 0 unspecified atom stereocenters. The lowest BCUT2D eigenvalue weighted by Crippen LogP contribution is -2.28. The fourth-order valence-corrected chi connectivity index (χ4v) is 1.72. The Morgan fingerprint density at radius 3 is 2.24 bits per heavy atom. The van der Waals surface area contributed by atoms with Gasteiger partial charge in [-0.25, -0.2) is 0 Å². The second kappa shape index (κ2) is 7.09. The highest BCUT2D eigenvalue weighted by molar-refractivity contribution is 5.85. The zero-order chi connectivity index (χ0) is 15.1. The number of methoxy groups -OCH3 is 1. The number of nitrogens with zero attached hydrogens (tertiary/aromatic N) is 1. The van der Waals surface area contributed by atoms with E-state index in [0.717, 1.165) is 5.75 Å². The number of benzene rings is 2. The van der Waals surface area contributed by atoms with Crippen LogP contribution in [0.2, 0.25) is 0 Å². The van der Waals surface area contributed by atoms with Gasteiger partial charge in [0.1, 0.15) is 18.0 Å². The first-order chi connectivity index (χ1) is 10.2.